The van der Waals surface area contributed by atoms with E-state index in [1.807, 2.05) is 49.6 Å². The van der Waals surface area contributed by atoms with Gasteiger partial charge < -0.3 is 10.4 Å². The summed E-state index contributed by atoms with van der Waals surface area (Å²) in [5, 5.41) is 12.9. The molecule has 0 saturated carbocycles. The van der Waals surface area contributed by atoms with Crippen molar-refractivity contribution in [3.63, 3.8) is 0 Å². The summed E-state index contributed by atoms with van der Waals surface area (Å²) in [5.41, 5.74) is 2.41. The molecule has 3 heteroatoms. The van der Waals surface area contributed by atoms with E-state index in [1.54, 1.807) is 0 Å². The number of benzene rings is 1. The summed E-state index contributed by atoms with van der Waals surface area (Å²) in [6, 6.07) is 14.5. The van der Waals surface area contributed by atoms with E-state index in [4.69, 9.17) is 0 Å². The molecule has 19 heavy (non-hydrogen) atoms. The molecule has 1 heterocycles. The van der Waals surface area contributed by atoms with Gasteiger partial charge in [0.15, 0.2) is 0 Å². The summed E-state index contributed by atoms with van der Waals surface area (Å²) in [5.74, 6) is 0. The molecule has 0 saturated heterocycles. The number of rotatable bonds is 6. The topological polar surface area (TPSA) is 45.1 Å². The maximum atomic E-state index is 9.36. The first-order valence-corrected chi connectivity index (χ1v) is 6.63. The van der Waals surface area contributed by atoms with Gasteiger partial charge in [-0.25, -0.2) is 0 Å². The van der Waals surface area contributed by atoms with E-state index in [1.165, 1.54) is 11.1 Å². The third kappa shape index (κ3) is 4.16. The molecule has 1 aromatic carbocycles. The van der Waals surface area contributed by atoms with E-state index >= 15 is 0 Å². The van der Waals surface area contributed by atoms with Crippen LogP contribution in [0.3, 0.4) is 0 Å². The van der Waals surface area contributed by atoms with Crippen molar-refractivity contribution in [2.24, 2.45) is 0 Å². The maximum Gasteiger partial charge on any atom is 0.0577 e. The van der Waals surface area contributed by atoms with Crippen molar-refractivity contribution in [2.45, 2.75) is 25.5 Å². The summed E-state index contributed by atoms with van der Waals surface area (Å²) < 4.78 is 0. The van der Waals surface area contributed by atoms with Crippen LogP contribution in [0.15, 0.2) is 54.9 Å². The smallest absolute Gasteiger partial charge is 0.0577 e. The molecule has 0 amide bonds. The lowest BCUT2D eigenvalue weighted by Crippen LogP contribution is -2.25. The SMILES string of the molecule is CC(O)CCNC(c1ccccc1)c1ccncc1. The number of hydrogen-bond donors (Lipinski definition) is 2. The maximum absolute atomic E-state index is 9.36. The third-order valence-electron chi connectivity index (χ3n) is 3.08. The number of nitrogens with one attached hydrogen (secondary N) is 1. The second-order valence-corrected chi connectivity index (χ2v) is 4.72. The molecule has 2 N–H and O–H groups in total. The Bertz CT molecular complexity index is 431. The van der Waals surface area contributed by atoms with Gasteiger partial charge in [0.1, 0.15) is 0 Å². The molecule has 2 unspecified atom stereocenters. The van der Waals surface area contributed by atoms with Crippen LogP contribution in [-0.4, -0.2) is 22.7 Å². The lowest BCUT2D eigenvalue weighted by atomic mass is 9.99. The zero-order valence-corrected chi connectivity index (χ0v) is 11.2. The van der Waals surface area contributed by atoms with E-state index in [9.17, 15) is 5.11 Å². The molecule has 0 fully saturated rings. The van der Waals surface area contributed by atoms with Crippen LogP contribution in [0.5, 0.6) is 0 Å². The van der Waals surface area contributed by atoms with Crippen molar-refractivity contribution in [3.05, 3.63) is 66.0 Å². The lowest BCUT2D eigenvalue weighted by Gasteiger charge is -2.20. The Kier molecular flexibility index (Phi) is 5.07. The quantitative estimate of drug-likeness (QED) is 0.835. The molecule has 2 atom stereocenters. The summed E-state index contributed by atoms with van der Waals surface area (Å²) in [6.07, 6.45) is 4.08. The molecular weight excluding hydrogens is 236 g/mol. The predicted octanol–water partition coefficient (Wildman–Crippen LogP) is 2.53. The van der Waals surface area contributed by atoms with Gasteiger partial charge in [-0.1, -0.05) is 30.3 Å². The van der Waals surface area contributed by atoms with Crippen molar-refractivity contribution in [3.8, 4) is 0 Å². The average molecular weight is 256 g/mol. The van der Waals surface area contributed by atoms with E-state index < -0.39 is 0 Å². The Morgan fingerprint density at radius 2 is 1.68 bits per heavy atom. The fourth-order valence-corrected chi connectivity index (χ4v) is 2.07. The lowest BCUT2D eigenvalue weighted by molar-refractivity contribution is 0.183. The first kappa shape index (κ1) is 13.7. The highest BCUT2D eigenvalue weighted by atomic mass is 16.3. The van der Waals surface area contributed by atoms with Gasteiger partial charge in [0.2, 0.25) is 0 Å². The molecule has 3 nitrogen and oxygen atoms in total. The Labute approximate surface area is 114 Å². The zero-order chi connectivity index (χ0) is 13.5. The third-order valence-corrected chi connectivity index (χ3v) is 3.08. The molecule has 1 aromatic heterocycles. The first-order valence-electron chi connectivity index (χ1n) is 6.63. The van der Waals surface area contributed by atoms with Crippen LogP contribution in [0, 0.1) is 0 Å². The van der Waals surface area contributed by atoms with Crippen molar-refractivity contribution in [1.29, 1.82) is 0 Å². The number of hydrogen-bond acceptors (Lipinski definition) is 3. The van der Waals surface area contributed by atoms with Gasteiger partial charge in [0, 0.05) is 12.4 Å². The fraction of sp³-hybridized carbons (Fsp3) is 0.312. The molecule has 0 aliphatic heterocycles. The molecule has 2 rings (SSSR count). The van der Waals surface area contributed by atoms with Crippen LogP contribution in [0.2, 0.25) is 0 Å². The molecule has 0 aliphatic rings. The van der Waals surface area contributed by atoms with Gasteiger partial charge in [-0.05, 0) is 43.1 Å². The van der Waals surface area contributed by atoms with E-state index in [0.717, 1.165) is 13.0 Å². The Balaban J connectivity index is 2.14. The monoisotopic (exact) mass is 256 g/mol. The van der Waals surface area contributed by atoms with Gasteiger partial charge in [0.05, 0.1) is 12.1 Å². The molecule has 2 aromatic rings. The average Bonchev–Trinajstić information content (AvgIpc) is 2.45. The van der Waals surface area contributed by atoms with E-state index in [2.05, 4.69) is 22.4 Å². The van der Waals surface area contributed by atoms with Crippen LogP contribution in [0.4, 0.5) is 0 Å². The summed E-state index contributed by atoms with van der Waals surface area (Å²) in [6.45, 7) is 2.59. The summed E-state index contributed by atoms with van der Waals surface area (Å²) >= 11 is 0. The largest absolute Gasteiger partial charge is 0.393 e. The number of aliphatic hydroxyl groups is 1. The summed E-state index contributed by atoms with van der Waals surface area (Å²) in [4.78, 5) is 4.06. The van der Waals surface area contributed by atoms with Crippen LogP contribution < -0.4 is 5.32 Å². The molecule has 0 aliphatic carbocycles. The number of nitrogens with zero attached hydrogens (tertiary/aromatic N) is 1. The zero-order valence-electron chi connectivity index (χ0n) is 11.2. The highest BCUT2D eigenvalue weighted by Crippen LogP contribution is 2.21. The molecule has 100 valence electrons. The predicted molar refractivity (Wildman–Crippen MR) is 76.8 cm³/mol. The van der Waals surface area contributed by atoms with Gasteiger partial charge in [-0.3, -0.25) is 4.98 Å². The second kappa shape index (κ2) is 7.02. The first-order chi connectivity index (χ1) is 9.27. The van der Waals surface area contributed by atoms with Crippen LogP contribution in [0.25, 0.3) is 0 Å². The standard InChI is InChI=1S/C16H20N2O/c1-13(19)7-12-18-16(14-5-3-2-4-6-14)15-8-10-17-11-9-15/h2-6,8-11,13,16,18-19H,7,12H2,1H3. The minimum Gasteiger partial charge on any atom is -0.393 e. The van der Waals surface area contributed by atoms with Gasteiger partial charge >= 0.3 is 0 Å². The van der Waals surface area contributed by atoms with Gasteiger partial charge in [0.25, 0.3) is 0 Å². The summed E-state index contributed by atoms with van der Waals surface area (Å²) in [7, 11) is 0. The van der Waals surface area contributed by atoms with Crippen molar-refractivity contribution >= 4 is 0 Å². The minimum absolute atomic E-state index is 0.142. The van der Waals surface area contributed by atoms with Crippen LogP contribution in [-0.2, 0) is 0 Å². The number of aromatic nitrogens is 1. The van der Waals surface area contributed by atoms with Crippen molar-refractivity contribution in [1.82, 2.24) is 10.3 Å². The Morgan fingerprint density at radius 1 is 1.05 bits per heavy atom. The molecule has 0 bridgehead atoms. The van der Waals surface area contributed by atoms with Gasteiger partial charge in [-0.15, -0.1) is 0 Å². The van der Waals surface area contributed by atoms with E-state index in [0.29, 0.717) is 0 Å². The molecule has 0 radical (unpaired) electrons. The Morgan fingerprint density at radius 3 is 2.32 bits per heavy atom. The number of pyridine rings is 1. The van der Waals surface area contributed by atoms with Crippen LogP contribution >= 0.6 is 0 Å². The number of aliphatic hydroxyl groups excluding tert-OH is 1. The van der Waals surface area contributed by atoms with Crippen LogP contribution in [0.1, 0.15) is 30.5 Å². The fourth-order valence-electron chi connectivity index (χ4n) is 2.07. The van der Waals surface area contributed by atoms with Gasteiger partial charge in [-0.2, -0.15) is 0 Å². The molecular formula is C16H20N2O. The van der Waals surface area contributed by atoms with E-state index in [-0.39, 0.29) is 12.1 Å². The van der Waals surface area contributed by atoms with Crippen molar-refractivity contribution < 1.29 is 5.11 Å². The minimum atomic E-state index is -0.277. The van der Waals surface area contributed by atoms with Crippen molar-refractivity contribution in [2.75, 3.05) is 6.54 Å². The second-order valence-electron chi connectivity index (χ2n) is 4.72. The Hall–Kier alpha value is -1.71. The molecule has 0 spiro atoms. The normalized spacial score (nSPS) is 14.0. The highest BCUT2D eigenvalue weighted by Gasteiger charge is 2.12. The highest BCUT2D eigenvalue weighted by molar-refractivity contribution is 5.30.